The van der Waals surface area contributed by atoms with E-state index in [9.17, 15) is 4.79 Å². The lowest BCUT2D eigenvalue weighted by Gasteiger charge is -2.16. The molecular formula is C18H16N4O. The smallest absolute Gasteiger partial charge is 0.215 e. The van der Waals surface area contributed by atoms with E-state index in [2.05, 4.69) is 9.97 Å². The van der Waals surface area contributed by atoms with Crippen LogP contribution in [0.4, 0.5) is 5.69 Å². The van der Waals surface area contributed by atoms with Crippen LogP contribution in [-0.2, 0) is 0 Å². The number of rotatable bonds is 1. The van der Waals surface area contributed by atoms with Gasteiger partial charge in [-0.15, -0.1) is 0 Å². The summed E-state index contributed by atoms with van der Waals surface area (Å²) in [5.74, 6) is 0. The highest BCUT2D eigenvalue weighted by atomic mass is 16.1. The fraction of sp³-hybridized carbons (Fsp3) is 0.167. The van der Waals surface area contributed by atoms with E-state index in [4.69, 9.17) is 4.98 Å². The van der Waals surface area contributed by atoms with E-state index >= 15 is 0 Å². The molecule has 2 heterocycles. The van der Waals surface area contributed by atoms with Gasteiger partial charge in [-0.1, -0.05) is 12.1 Å². The van der Waals surface area contributed by atoms with Crippen LogP contribution in [0.2, 0.25) is 0 Å². The van der Waals surface area contributed by atoms with Crippen molar-refractivity contribution in [3.8, 4) is 0 Å². The maximum absolute atomic E-state index is 13.0. The molecule has 5 heteroatoms. The number of nitrogens with zero attached hydrogens (tertiary/aromatic N) is 3. The molecule has 2 aromatic carbocycles. The minimum Gasteiger partial charge on any atom is -0.373 e. The Hall–Kier alpha value is -2.95. The lowest BCUT2D eigenvalue weighted by Crippen LogP contribution is -2.21. The van der Waals surface area contributed by atoms with E-state index in [0.717, 1.165) is 27.8 Å². The zero-order valence-electron chi connectivity index (χ0n) is 13.2. The minimum atomic E-state index is -0.0172. The molecule has 4 rings (SSSR count). The van der Waals surface area contributed by atoms with Crippen LogP contribution < -0.4 is 10.3 Å². The van der Waals surface area contributed by atoms with E-state index < -0.39 is 0 Å². The van der Waals surface area contributed by atoms with Gasteiger partial charge < -0.3 is 9.88 Å². The summed E-state index contributed by atoms with van der Waals surface area (Å²) in [6, 6.07) is 11.5. The maximum atomic E-state index is 13.0. The Bertz CT molecular complexity index is 1130. The highest BCUT2D eigenvalue weighted by molar-refractivity contribution is 6.05. The number of fused-ring (bicyclic) bond motifs is 4. The summed E-state index contributed by atoms with van der Waals surface area (Å²) in [5.41, 5.74) is 5.27. The third-order valence-corrected chi connectivity index (χ3v) is 4.08. The molecular weight excluding hydrogens is 288 g/mol. The van der Waals surface area contributed by atoms with Gasteiger partial charge in [0.2, 0.25) is 5.43 Å². The van der Waals surface area contributed by atoms with E-state index in [1.165, 1.54) is 0 Å². The van der Waals surface area contributed by atoms with Gasteiger partial charge >= 0.3 is 0 Å². The maximum Gasteiger partial charge on any atom is 0.215 e. The number of nitrogens with one attached hydrogen (secondary N) is 1. The van der Waals surface area contributed by atoms with Gasteiger partial charge in [-0.3, -0.25) is 4.79 Å². The topological polar surface area (TPSA) is 61.9 Å². The van der Waals surface area contributed by atoms with Crippen molar-refractivity contribution < 1.29 is 0 Å². The molecule has 0 fully saturated rings. The fourth-order valence-corrected chi connectivity index (χ4v) is 3.11. The summed E-state index contributed by atoms with van der Waals surface area (Å²) < 4.78 is 0. The summed E-state index contributed by atoms with van der Waals surface area (Å²) in [6.07, 6.45) is 0. The molecule has 0 bridgehead atoms. The quantitative estimate of drug-likeness (QED) is 0.434. The van der Waals surface area contributed by atoms with Gasteiger partial charge in [0.25, 0.3) is 0 Å². The number of anilines is 1. The van der Waals surface area contributed by atoms with Gasteiger partial charge in [-0.05, 0) is 31.2 Å². The Morgan fingerprint density at radius 1 is 0.957 bits per heavy atom. The van der Waals surface area contributed by atoms with Gasteiger partial charge in [0, 0.05) is 19.8 Å². The monoisotopic (exact) mass is 304 g/mol. The van der Waals surface area contributed by atoms with Crippen LogP contribution in [0.15, 0.2) is 41.2 Å². The summed E-state index contributed by atoms with van der Waals surface area (Å²) in [4.78, 5) is 27.5. The van der Waals surface area contributed by atoms with Gasteiger partial charge in [-0.25, -0.2) is 9.97 Å². The Balaban J connectivity index is 2.25. The average molecular weight is 304 g/mol. The van der Waals surface area contributed by atoms with Gasteiger partial charge in [0.15, 0.2) is 0 Å². The largest absolute Gasteiger partial charge is 0.373 e. The fourth-order valence-electron chi connectivity index (χ4n) is 3.11. The van der Waals surface area contributed by atoms with Gasteiger partial charge in [0.05, 0.1) is 27.5 Å². The number of aryl methyl sites for hydroxylation is 1. The predicted molar refractivity (Wildman–Crippen MR) is 94.2 cm³/mol. The summed E-state index contributed by atoms with van der Waals surface area (Å²) >= 11 is 0. The molecule has 5 nitrogen and oxygen atoms in total. The number of benzene rings is 2. The second-order valence-electron chi connectivity index (χ2n) is 5.89. The molecule has 0 saturated carbocycles. The van der Waals surface area contributed by atoms with Crippen molar-refractivity contribution >= 4 is 38.7 Å². The number of hydrogen-bond donors (Lipinski definition) is 1. The molecule has 0 radical (unpaired) electrons. The number of para-hydroxylation sites is 2. The number of hydrogen-bond acceptors (Lipinski definition) is 4. The van der Waals surface area contributed by atoms with E-state index in [-0.39, 0.29) is 5.43 Å². The zero-order chi connectivity index (χ0) is 16.1. The lowest BCUT2D eigenvalue weighted by atomic mass is 10.1. The van der Waals surface area contributed by atoms with E-state index in [1.54, 1.807) is 0 Å². The molecule has 1 N–H and O–H groups in total. The Morgan fingerprint density at radius 3 is 2.35 bits per heavy atom. The van der Waals surface area contributed by atoms with Crippen molar-refractivity contribution in [2.24, 2.45) is 0 Å². The molecule has 0 amide bonds. The Labute approximate surface area is 132 Å². The molecule has 2 aromatic heterocycles. The molecule has 23 heavy (non-hydrogen) atoms. The number of aromatic amines is 1. The summed E-state index contributed by atoms with van der Waals surface area (Å²) in [5, 5.41) is 0.593. The lowest BCUT2D eigenvalue weighted by molar-refractivity contribution is 1.08. The van der Waals surface area contributed by atoms with Crippen molar-refractivity contribution in [1.82, 2.24) is 15.0 Å². The molecule has 4 aromatic rings. The van der Waals surface area contributed by atoms with Gasteiger partial charge in [0.1, 0.15) is 11.2 Å². The minimum absolute atomic E-state index is 0.0172. The van der Waals surface area contributed by atoms with Crippen LogP contribution in [0.1, 0.15) is 5.69 Å². The molecule has 0 spiro atoms. The normalized spacial score (nSPS) is 11.4. The first-order valence-corrected chi connectivity index (χ1v) is 7.45. The van der Waals surface area contributed by atoms with Crippen LogP contribution in [-0.4, -0.2) is 29.0 Å². The third kappa shape index (κ3) is 1.97. The van der Waals surface area contributed by atoms with E-state index in [0.29, 0.717) is 16.6 Å². The molecule has 114 valence electrons. The Kier molecular flexibility index (Phi) is 2.84. The van der Waals surface area contributed by atoms with Crippen molar-refractivity contribution in [1.29, 1.82) is 0 Å². The van der Waals surface area contributed by atoms with Crippen LogP contribution in [0.3, 0.4) is 0 Å². The van der Waals surface area contributed by atoms with Crippen molar-refractivity contribution in [3.63, 3.8) is 0 Å². The molecule has 0 aliphatic heterocycles. The molecule has 0 unspecified atom stereocenters. The Morgan fingerprint density at radius 2 is 1.65 bits per heavy atom. The molecule has 0 aliphatic rings. The third-order valence-electron chi connectivity index (χ3n) is 4.08. The van der Waals surface area contributed by atoms with Crippen LogP contribution in [0.5, 0.6) is 0 Å². The highest BCUT2D eigenvalue weighted by Crippen LogP contribution is 2.24. The van der Waals surface area contributed by atoms with Crippen molar-refractivity contribution in [2.75, 3.05) is 19.0 Å². The predicted octanol–water partition coefficient (Wildman–Crippen LogP) is 3.00. The highest BCUT2D eigenvalue weighted by Gasteiger charge is 2.15. The second kappa shape index (κ2) is 4.78. The first-order valence-electron chi connectivity index (χ1n) is 7.45. The number of aromatic nitrogens is 3. The van der Waals surface area contributed by atoms with Crippen molar-refractivity contribution in [3.05, 3.63) is 52.3 Å². The SMILES string of the molecule is Cc1[nH]c2ccc3nc4ccccc4nc3c2c(=O)c1N(C)C. The number of H-pyrrole nitrogens is 1. The van der Waals surface area contributed by atoms with Gasteiger partial charge in [-0.2, -0.15) is 0 Å². The standard InChI is InChI=1S/C18H16N4O/c1-10-17(22(2)3)18(23)15-13(19-10)8-9-14-16(15)21-12-7-5-4-6-11(12)20-14/h4-9H,1-3H3,(H,19,23). The molecule has 0 saturated heterocycles. The summed E-state index contributed by atoms with van der Waals surface area (Å²) in [7, 11) is 3.74. The van der Waals surface area contributed by atoms with Crippen molar-refractivity contribution in [2.45, 2.75) is 6.92 Å². The molecule has 0 aliphatic carbocycles. The number of pyridine rings is 1. The van der Waals surface area contributed by atoms with Crippen LogP contribution in [0, 0.1) is 6.92 Å². The first-order chi connectivity index (χ1) is 11.1. The van der Waals surface area contributed by atoms with Crippen LogP contribution in [0.25, 0.3) is 33.0 Å². The zero-order valence-corrected chi connectivity index (χ0v) is 13.2. The average Bonchev–Trinajstić information content (AvgIpc) is 2.52. The van der Waals surface area contributed by atoms with Crippen LogP contribution >= 0.6 is 0 Å². The second-order valence-corrected chi connectivity index (χ2v) is 5.89. The molecule has 0 atom stereocenters. The summed E-state index contributed by atoms with van der Waals surface area (Å²) in [6.45, 7) is 1.91. The van der Waals surface area contributed by atoms with E-state index in [1.807, 2.05) is 62.3 Å². The first kappa shape index (κ1) is 13.7.